The second kappa shape index (κ2) is 7.69. The molecular formula is C19H24N2. The Balaban J connectivity index is 2.32. The number of rotatable bonds is 7. The summed E-state index contributed by atoms with van der Waals surface area (Å²) in [6.45, 7) is 6.69. The van der Waals surface area contributed by atoms with Gasteiger partial charge in [0.1, 0.15) is 0 Å². The largest absolute Gasteiger partial charge is 0.372 e. The van der Waals surface area contributed by atoms with Crippen LogP contribution in [0.5, 0.6) is 0 Å². The van der Waals surface area contributed by atoms with E-state index in [9.17, 15) is 5.26 Å². The first-order chi connectivity index (χ1) is 10.3. The lowest BCUT2D eigenvalue weighted by atomic mass is 10.0. The summed E-state index contributed by atoms with van der Waals surface area (Å²) in [4.78, 5) is 2.48. The minimum atomic E-state index is 0.757. The lowest BCUT2D eigenvalue weighted by Crippen LogP contribution is -2.25. The van der Waals surface area contributed by atoms with Crippen molar-refractivity contribution in [2.24, 2.45) is 0 Å². The fraction of sp³-hybridized carbons (Fsp3) is 0.421. The molecule has 0 saturated heterocycles. The normalized spacial score (nSPS) is 10.5. The van der Waals surface area contributed by atoms with Crippen molar-refractivity contribution in [2.45, 2.75) is 39.5 Å². The van der Waals surface area contributed by atoms with E-state index < -0.39 is 0 Å². The monoisotopic (exact) mass is 280 g/mol. The Morgan fingerprint density at radius 2 is 1.71 bits per heavy atom. The zero-order valence-corrected chi connectivity index (χ0v) is 13.1. The van der Waals surface area contributed by atoms with Crippen LogP contribution in [-0.4, -0.2) is 13.1 Å². The maximum absolute atomic E-state index is 9.19. The van der Waals surface area contributed by atoms with Crippen LogP contribution < -0.4 is 4.90 Å². The SMILES string of the molecule is CCCCN(CCCC)c1ccc2c(C#N)cccc2c1. The Morgan fingerprint density at radius 3 is 2.33 bits per heavy atom. The molecule has 0 N–H and O–H groups in total. The summed E-state index contributed by atoms with van der Waals surface area (Å²) in [5, 5.41) is 11.4. The fourth-order valence-corrected chi connectivity index (χ4v) is 2.63. The smallest absolute Gasteiger partial charge is 0.0998 e. The van der Waals surface area contributed by atoms with E-state index in [-0.39, 0.29) is 0 Å². The number of nitrogens with zero attached hydrogens (tertiary/aromatic N) is 2. The molecule has 0 aromatic heterocycles. The van der Waals surface area contributed by atoms with Gasteiger partial charge in [-0.3, -0.25) is 0 Å². The van der Waals surface area contributed by atoms with E-state index in [1.54, 1.807) is 0 Å². The van der Waals surface area contributed by atoms with Crippen LogP contribution in [0.4, 0.5) is 5.69 Å². The van der Waals surface area contributed by atoms with Gasteiger partial charge in [0.05, 0.1) is 11.6 Å². The van der Waals surface area contributed by atoms with Crippen LogP contribution in [0.25, 0.3) is 10.8 Å². The summed E-state index contributed by atoms with van der Waals surface area (Å²) >= 11 is 0. The molecule has 2 rings (SSSR count). The molecule has 2 heteroatoms. The zero-order valence-electron chi connectivity index (χ0n) is 13.1. The van der Waals surface area contributed by atoms with Crippen molar-refractivity contribution >= 4 is 16.5 Å². The molecular weight excluding hydrogens is 256 g/mol. The molecule has 0 bridgehead atoms. The van der Waals surface area contributed by atoms with Crippen molar-refractivity contribution in [3.8, 4) is 6.07 Å². The lowest BCUT2D eigenvalue weighted by Gasteiger charge is -2.25. The van der Waals surface area contributed by atoms with Crippen LogP contribution in [0.15, 0.2) is 36.4 Å². The number of benzene rings is 2. The molecule has 2 aromatic carbocycles. The third-order valence-electron chi connectivity index (χ3n) is 3.91. The van der Waals surface area contributed by atoms with E-state index in [0.29, 0.717) is 0 Å². The number of hydrogen-bond donors (Lipinski definition) is 0. The quantitative estimate of drug-likeness (QED) is 0.704. The first kappa shape index (κ1) is 15.4. The predicted octanol–water partition coefficient (Wildman–Crippen LogP) is 5.12. The highest BCUT2D eigenvalue weighted by Gasteiger charge is 2.07. The van der Waals surface area contributed by atoms with Crippen LogP contribution in [-0.2, 0) is 0 Å². The molecule has 0 saturated carbocycles. The summed E-state index contributed by atoms with van der Waals surface area (Å²) < 4.78 is 0. The molecule has 0 atom stereocenters. The second-order valence-electron chi connectivity index (χ2n) is 5.52. The highest BCUT2D eigenvalue weighted by Crippen LogP contribution is 2.25. The molecule has 110 valence electrons. The van der Waals surface area contributed by atoms with Gasteiger partial charge in [-0.1, -0.05) is 44.9 Å². The van der Waals surface area contributed by atoms with E-state index in [1.807, 2.05) is 12.1 Å². The number of nitriles is 1. The Kier molecular flexibility index (Phi) is 5.63. The van der Waals surface area contributed by atoms with Crippen LogP contribution >= 0.6 is 0 Å². The molecule has 0 heterocycles. The molecule has 21 heavy (non-hydrogen) atoms. The Labute approximate surface area is 128 Å². The minimum Gasteiger partial charge on any atom is -0.372 e. The summed E-state index contributed by atoms with van der Waals surface area (Å²) in [5.74, 6) is 0. The van der Waals surface area contributed by atoms with Gasteiger partial charge in [-0.05, 0) is 41.8 Å². The van der Waals surface area contributed by atoms with Crippen molar-refractivity contribution < 1.29 is 0 Å². The Bertz CT molecular complexity index is 617. The van der Waals surface area contributed by atoms with Gasteiger partial charge < -0.3 is 4.90 Å². The molecule has 0 fully saturated rings. The molecule has 0 aliphatic rings. The van der Waals surface area contributed by atoms with Crippen molar-refractivity contribution in [1.82, 2.24) is 0 Å². The number of fused-ring (bicyclic) bond motifs is 1. The van der Waals surface area contributed by atoms with Gasteiger partial charge in [-0.15, -0.1) is 0 Å². The number of anilines is 1. The second-order valence-corrected chi connectivity index (χ2v) is 5.52. The maximum atomic E-state index is 9.19. The molecule has 0 amide bonds. The van der Waals surface area contributed by atoms with E-state index in [2.05, 4.69) is 49.1 Å². The van der Waals surface area contributed by atoms with Crippen LogP contribution in [0.2, 0.25) is 0 Å². The Morgan fingerprint density at radius 1 is 1.00 bits per heavy atom. The number of hydrogen-bond acceptors (Lipinski definition) is 2. The molecule has 0 unspecified atom stereocenters. The average Bonchev–Trinajstić information content (AvgIpc) is 2.54. The van der Waals surface area contributed by atoms with Gasteiger partial charge in [0.15, 0.2) is 0 Å². The molecule has 2 nitrogen and oxygen atoms in total. The van der Waals surface area contributed by atoms with Crippen molar-refractivity contribution in [2.75, 3.05) is 18.0 Å². The first-order valence-corrected chi connectivity index (χ1v) is 7.98. The molecule has 0 spiro atoms. The first-order valence-electron chi connectivity index (χ1n) is 7.98. The van der Waals surface area contributed by atoms with Gasteiger partial charge in [-0.25, -0.2) is 0 Å². The lowest BCUT2D eigenvalue weighted by molar-refractivity contribution is 0.678. The van der Waals surface area contributed by atoms with Crippen LogP contribution in [0, 0.1) is 11.3 Å². The van der Waals surface area contributed by atoms with E-state index in [4.69, 9.17) is 0 Å². The topological polar surface area (TPSA) is 27.0 Å². The third-order valence-corrected chi connectivity index (χ3v) is 3.91. The van der Waals surface area contributed by atoms with Gasteiger partial charge in [-0.2, -0.15) is 5.26 Å². The van der Waals surface area contributed by atoms with Gasteiger partial charge in [0, 0.05) is 18.8 Å². The minimum absolute atomic E-state index is 0.757. The highest BCUT2D eigenvalue weighted by atomic mass is 15.1. The molecule has 2 aromatic rings. The third kappa shape index (κ3) is 3.76. The molecule has 0 aliphatic carbocycles. The van der Waals surface area contributed by atoms with Crippen molar-refractivity contribution in [3.63, 3.8) is 0 Å². The van der Waals surface area contributed by atoms with Gasteiger partial charge >= 0.3 is 0 Å². The molecule has 0 aliphatic heterocycles. The van der Waals surface area contributed by atoms with Crippen LogP contribution in [0.3, 0.4) is 0 Å². The van der Waals surface area contributed by atoms with E-state index in [0.717, 1.165) is 29.4 Å². The highest BCUT2D eigenvalue weighted by molar-refractivity contribution is 5.90. The van der Waals surface area contributed by atoms with E-state index >= 15 is 0 Å². The zero-order chi connectivity index (χ0) is 15.1. The van der Waals surface area contributed by atoms with Crippen molar-refractivity contribution in [1.29, 1.82) is 5.26 Å². The summed E-state index contributed by atoms with van der Waals surface area (Å²) in [7, 11) is 0. The average molecular weight is 280 g/mol. The number of unbranched alkanes of at least 4 members (excludes halogenated alkanes) is 2. The standard InChI is InChI=1S/C19H24N2/c1-3-5-12-21(13-6-4-2)18-10-11-19-16(14-18)8-7-9-17(19)15-20/h7-11,14H,3-6,12-13H2,1-2H3. The van der Waals surface area contributed by atoms with E-state index in [1.165, 1.54) is 31.4 Å². The van der Waals surface area contributed by atoms with Crippen molar-refractivity contribution in [3.05, 3.63) is 42.0 Å². The fourth-order valence-electron chi connectivity index (χ4n) is 2.63. The predicted molar refractivity (Wildman–Crippen MR) is 90.7 cm³/mol. The Hall–Kier alpha value is -2.01. The summed E-state index contributed by atoms with van der Waals surface area (Å²) in [5.41, 5.74) is 2.03. The van der Waals surface area contributed by atoms with Crippen LogP contribution in [0.1, 0.15) is 45.1 Å². The summed E-state index contributed by atoms with van der Waals surface area (Å²) in [6.07, 6.45) is 4.88. The maximum Gasteiger partial charge on any atom is 0.0998 e. The molecule has 0 radical (unpaired) electrons. The van der Waals surface area contributed by atoms with Gasteiger partial charge in [0.25, 0.3) is 0 Å². The summed E-state index contributed by atoms with van der Waals surface area (Å²) in [6, 6.07) is 14.7. The van der Waals surface area contributed by atoms with Gasteiger partial charge in [0.2, 0.25) is 0 Å².